The summed E-state index contributed by atoms with van der Waals surface area (Å²) >= 11 is 0. The molecular weight excluding hydrogens is 581 g/mol. The number of carbonyl (C=O) groups is 2. The predicted octanol–water partition coefficient (Wildman–Crippen LogP) is 8.48. The molecule has 2 atom stereocenters. The largest absolute Gasteiger partial charge is 0.472 e. The van der Waals surface area contributed by atoms with Gasteiger partial charge in [0.2, 0.25) is 5.91 Å². The average molecular weight is 646 g/mol. The SMILES string of the molecule is CCCCCC/C=C\C/C=C\CCCCCCCC(=O)NCCOP(=O)(O)OCC(O)COC(=O)CCCCCCCCC. The van der Waals surface area contributed by atoms with E-state index >= 15 is 0 Å². The van der Waals surface area contributed by atoms with E-state index in [4.69, 9.17) is 13.8 Å². The summed E-state index contributed by atoms with van der Waals surface area (Å²) in [4.78, 5) is 33.5. The number of ether oxygens (including phenoxy) is 1. The van der Waals surface area contributed by atoms with Gasteiger partial charge < -0.3 is 20.1 Å². The molecule has 0 saturated heterocycles. The maximum absolute atomic E-state index is 12.0. The number of hydrogen-bond donors (Lipinski definition) is 3. The van der Waals surface area contributed by atoms with Gasteiger partial charge in [-0.1, -0.05) is 115 Å². The lowest BCUT2D eigenvalue weighted by molar-refractivity contribution is -0.147. The van der Waals surface area contributed by atoms with Gasteiger partial charge in [0.25, 0.3) is 0 Å². The molecule has 10 heteroatoms. The van der Waals surface area contributed by atoms with Crippen molar-refractivity contribution in [1.29, 1.82) is 0 Å². The summed E-state index contributed by atoms with van der Waals surface area (Å²) in [5, 5.41) is 12.5. The van der Waals surface area contributed by atoms with E-state index in [1.807, 2.05) is 0 Å². The zero-order chi connectivity index (χ0) is 32.6. The molecule has 258 valence electrons. The van der Waals surface area contributed by atoms with E-state index in [2.05, 4.69) is 43.5 Å². The Balaban J connectivity index is 3.65. The van der Waals surface area contributed by atoms with E-state index in [1.165, 1.54) is 57.8 Å². The van der Waals surface area contributed by atoms with Gasteiger partial charge in [-0.2, -0.15) is 0 Å². The smallest absolute Gasteiger partial charge is 0.463 e. The summed E-state index contributed by atoms with van der Waals surface area (Å²) in [7, 11) is -4.40. The first-order valence-corrected chi connectivity index (χ1v) is 18.8. The molecule has 0 aromatic heterocycles. The van der Waals surface area contributed by atoms with Crippen molar-refractivity contribution in [1.82, 2.24) is 5.32 Å². The Kier molecular flexibility index (Phi) is 30.4. The number of phosphoric acid groups is 1. The van der Waals surface area contributed by atoms with Gasteiger partial charge in [0.15, 0.2) is 0 Å². The van der Waals surface area contributed by atoms with E-state index in [-0.39, 0.29) is 32.1 Å². The molecule has 9 nitrogen and oxygen atoms in total. The fourth-order valence-corrected chi connectivity index (χ4v) is 5.22. The molecule has 0 fully saturated rings. The summed E-state index contributed by atoms with van der Waals surface area (Å²) in [6.45, 7) is 3.44. The van der Waals surface area contributed by atoms with Gasteiger partial charge in [0.1, 0.15) is 12.7 Å². The molecule has 3 N–H and O–H groups in total. The number of aliphatic hydroxyl groups is 1. The number of nitrogens with one attached hydrogen (secondary N) is 1. The molecule has 44 heavy (non-hydrogen) atoms. The van der Waals surface area contributed by atoms with Crippen LogP contribution in [0.4, 0.5) is 0 Å². The molecule has 0 aliphatic heterocycles. The Morgan fingerprint density at radius 2 is 1.23 bits per heavy atom. The van der Waals surface area contributed by atoms with Crippen molar-refractivity contribution in [3.8, 4) is 0 Å². The lowest BCUT2D eigenvalue weighted by Gasteiger charge is -2.15. The fraction of sp³-hybridized carbons (Fsp3) is 0.824. The number of carbonyl (C=O) groups excluding carboxylic acids is 2. The van der Waals surface area contributed by atoms with E-state index in [1.54, 1.807) is 0 Å². The van der Waals surface area contributed by atoms with E-state index in [9.17, 15) is 24.2 Å². The highest BCUT2D eigenvalue weighted by molar-refractivity contribution is 7.47. The molecule has 0 aromatic carbocycles. The maximum Gasteiger partial charge on any atom is 0.472 e. The Hall–Kier alpha value is -1.51. The van der Waals surface area contributed by atoms with Crippen molar-refractivity contribution in [2.75, 3.05) is 26.4 Å². The van der Waals surface area contributed by atoms with Crippen molar-refractivity contribution in [3.63, 3.8) is 0 Å². The van der Waals surface area contributed by atoms with Crippen LogP contribution in [0.3, 0.4) is 0 Å². The highest BCUT2D eigenvalue weighted by Crippen LogP contribution is 2.42. The summed E-state index contributed by atoms with van der Waals surface area (Å²) in [6, 6.07) is 0. The number of amides is 1. The van der Waals surface area contributed by atoms with E-state index < -0.39 is 26.5 Å². The first-order valence-electron chi connectivity index (χ1n) is 17.3. The van der Waals surface area contributed by atoms with Gasteiger partial charge in [-0.3, -0.25) is 18.6 Å². The van der Waals surface area contributed by atoms with Gasteiger partial charge in [0.05, 0.1) is 13.2 Å². The number of aliphatic hydroxyl groups excluding tert-OH is 1. The second kappa shape index (κ2) is 31.5. The molecule has 0 bridgehead atoms. The van der Waals surface area contributed by atoms with Gasteiger partial charge in [-0.05, 0) is 44.9 Å². The number of phosphoric ester groups is 1. The zero-order valence-corrected chi connectivity index (χ0v) is 28.7. The molecule has 0 saturated carbocycles. The van der Waals surface area contributed by atoms with Crippen LogP contribution in [0.25, 0.3) is 0 Å². The van der Waals surface area contributed by atoms with Crippen LogP contribution in [0.15, 0.2) is 24.3 Å². The van der Waals surface area contributed by atoms with Gasteiger partial charge >= 0.3 is 13.8 Å². The van der Waals surface area contributed by atoms with Crippen LogP contribution < -0.4 is 5.32 Å². The van der Waals surface area contributed by atoms with Crippen LogP contribution in [-0.2, 0) is 27.9 Å². The third-order valence-electron chi connectivity index (χ3n) is 7.13. The molecule has 0 radical (unpaired) electrons. The van der Waals surface area contributed by atoms with Crippen LogP contribution in [0.1, 0.15) is 149 Å². The highest BCUT2D eigenvalue weighted by Gasteiger charge is 2.23. The Bertz CT molecular complexity index is 789. The third-order valence-corrected chi connectivity index (χ3v) is 8.12. The van der Waals surface area contributed by atoms with Crippen LogP contribution in [0, 0.1) is 0 Å². The molecule has 0 heterocycles. The first-order chi connectivity index (χ1) is 21.3. The summed E-state index contributed by atoms with van der Waals surface area (Å²) in [6.07, 6.45) is 29.8. The lowest BCUT2D eigenvalue weighted by Crippen LogP contribution is -2.27. The molecule has 0 spiro atoms. The number of unbranched alkanes of at least 4 members (excludes halogenated alkanes) is 15. The van der Waals surface area contributed by atoms with Crippen LogP contribution in [0.2, 0.25) is 0 Å². The van der Waals surface area contributed by atoms with E-state index in [0.29, 0.717) is 6.42 Å². The Labute approximate surface area is 268 Å². The topological polar surface area (TPSA) is 131 Å². The number of rotatable bonds is 32. The maximum atomic E-state index is 12.0. The number of allylic oxidation sites excluding steroid dienone is 4. The minimum atomic E-state index is -4.40. The van der Waals surface area contributed by atoms with Crippen molar-refractivity contribution in [2.45, 2.75) is 155 Å². The number of esters is 1. The monoisotopic (exact) mass is 645 g/mol. The molecule has 0 rings (SSSR count). The first kappa shape index (κ1) is 42.5. The van der Waals surface area contributed by atoms with Crippen molar-refractivity contribution in [2.24, 2.45) is 0 Å². The summed E-state index contributed by atoms with van der Waals surface area (Å²) in [5.41, 5.74) is 0. The normalized spacial score (nSPS) is 13.8. The minimum Gasteiger partial charge on any atom is -0.463 e. The van der Waals surface area contributed by atoms with Crippen LogP contribution in [0.5, 0.6) is 0 Å². The summed E-state index contributed by atoms with van der Waals surface area (Å²) in [5.74, 6) is -0.538. The second-order valence-corrected chi connectivity index (χ2v) is 12.9. The third kappa shape index (κ3) is 31.9. The second-order valence-electron chi connectivity index (χ2n) is 11.5. The average Bonchev–Trinajstić information content (AvgIpc) is 3.00. The summed E-state index contributed by atoms with van der Waals surface area (Å²) < 4.78 is 26.6. The molecule has 0 aromatic rings. The van der Waals surface area contributed by atoms with Gasteiger partial charge in [-0.15, -0.1) is 0 Å². The quantitative estimate of drug-likeness (QED) is 0.0287. The Morgan fingerprint density at radius 3 is 1.84 bits per heavy atom. The van der Waals surface area contributed by atoms with Crippen molar-refractivity contribution in [3.05, 3.63) is 24.3 Å². The van der Waals surface area contributed by atoms with Crippen LogP contribution in [-0.4, -0.2) is 54.3 Å². The molecule has 1 amide bonds. The van der Waals surface area contributed by atoms with Crippen LogP contribution >= 0.6 is 7.82 Å². The highest BCUT2D eigenvalue weighted by atomic mass is 31.2. The Morgan fingerprint density at radius 1 is 0.705 bits per heavy atom. The van der Waals surface area contributed by atoms with Crippen molar-refractivity contribution < 1.29 is 37.9 Å². The predicted molar refractivity (Wildman–Crippen MR) is 178 cm³/mol. The molecule has 0 aliphatic carbocycles. The molecule has 2 unspecified atom stereocenters. The van der Waals surface area contributed by atoms with Crippen molar-refractivity contribution >= 4 is 19.7 Å². The standard InChI is InChI=1S/C34H64NO8P/c1-3-5-7-9-11-12-13-14-15-16-17-18-19-21-22-24-26-33(37)35-28-29-42-44(39,40)43-31-32(36)30-41-34(38)27-25-23-20-10-8-6-4-2/h12-13,15-16,32,36H,3-11,14,17-31H2,1-2H3,(H,35,37)(H,39,40)/b13-12-,16-15-. The van der Waals surface area contributed by atoms with Gasteiger partial charge in [-0.25, -0.2) is 4.57 Å². The lowest BCUT2D eigenvalue weighted by atomic mass is 10.1. The zero-order valence-electron chi connectivity index (χ0n) is 27.9. The fourth-order valence-electron chi connectivity index (χ4n) is 4.47. The number of hydrogen-bond acceptors (Lipinski definition) is 7. The molecular formula is C34H64NO8P. The molecule has 0 aliphatic rings. The van der Waals surface area contributed by atoms with E-state index in [0.717, 1.165) is 64.2 Å². The minimum absolute atomic E-state index is 0.0753. The van der Waals surface area contributed by atoms with Gasteiger partial charge in [0, 0.05) is 19.4 Å².